The molecule has 1 aliphatic heterocycles. The van der Waals surface area contributed by atoms with Gasteiger partial charge in [0.25, 0.3) is 0 Å². The minimum absolute atomic E-state index is 1.06. The summed E-state index contributed by atoms with van der Waals surface area (Å²) < 4.78 is 2.13. The molecular formula is C7H8N2. The highest BCUT2D eigenvalue weighted by Crippen LogP contribution is 2.23. The molecule has 2 rings (SSSR count). The zero-order valence-electron chi connectivity index (χ0n) is 5.17. The smallest absolute Gasteiger partial charge is 0.0950 e. The highest BCUT2D eigenvalue weighted by molar-refractivity contribution is 5.62. The van der Waals surface area contributed by atoms with Gasteiger partial charge in [-0.05, 0) is 12.0 Å². The van der Waals surface area contributed by atoms with E-state index in [0.717, 1.165) is 13.0 Å². The fourth-order valence-electron chi connectivity index (χ4n) is 1.18. The van der Waals surface area contributed by atoms with E-state index < -0.39 is 0 Å². The van der Waals surface area contributed by atoms with Crippen LogP contribution in [0, 0.1) is 0 Å². The Bertz CT molecular complexity index is 247. The lowest BCUT2D eigenvalue weighted by Gasteiger charge is -1.88. The van der Waals surface area contributed by atoms with E-state index in [1.807, 2.05) is 12.5 Å². The van der Waals surface area contributed by atoms with Gasteiger partial charge in [0, 0.05) is 6.54 Å². The molecule has 0 N–H and O–H groups in total. The van der Waals surface area contributed by atoms with Crippen molar-refractivity contribution >= 4 is 5.57 Å². The van der Waals surface area contributed by atoms with E-state index >= 15 is 0 Å². The second kappa shape index (κ2) is 1.47. The third-order valence-electron chi connectivity index (χ3n) is 1.73. The number of aryl methyl sites for hydroxylation is 1. The average molecular weight is 120 g/mol. The summed E-state index contributed by atoms with van der Waals surface area (Å²) in [6.07, 6.45) is 4.82. The lowest BCUT2D eigenvalue weighted by Crippen LogP contribution is -1.86. The molecule has 0 saturated carbocycles. The molecule has 0 spiro atoms. The van der Waals surface area contributed by atoms with Crippen molar-refractivity contribution in [1.82, 2.24) is 9.55 Å². The van der Waals surface area contributed by atoms with Gasteiger partial charge in [0.15, 0.2) is 0 Å². The maximum absolute atomic E-state index is 4.00. The Balaban J connectivity index is 2.61. The molecule has 1 aromatic rings. The Morgan fingerprint density at radius 1 is 1.67 bits per heavy atom. The summed E-state index contributed by atoms with van der Waals surface area (Å²) in [5.74, 6) is 0. The summed E-state index contributed by atoms with van der Waals surface area (Å²) in [7, 11) is 0. The van der Waals surface area contributed by atoms with Crippen LogP contribution in [-0.4, -0.2) is 9.55 Å². The van der Waals surface area contributed by atoms with E-state index in [4.69, 9.17) is 0 Å². The molecule has 0 radical (unpaired) electrons. The Labute approximate surface area is 53.8 Å². The van der Waals surface area contributed by atoms with Gasteiger partial charge in [-0.1, -0.05) is 6.58 Å². The van der Waals surface area contributed by atoms with Crippen molar-refractivity contribution in [2.75, 3.05) is 0 Å². The molecule has 2 nitrogen and oxygen atoms in total. The van der Waals surface area contributed by atoms with Crippen LogP contribution < -0.4 is 0 Å². The fraction of sp³-hybridized carbons (Fsp3) is 0.286. The maximum atomic E-state index is 4.00. The minimum Gasteiger partial charge on any atom is -0.331 e. The summed E-state index contributed by atoms with van der Waals surface area (Å²) in [6.45, 7) is 4.97. The first kappa shape index (κ1) is 4.79. The quantitative estimate of drug-likeness (QED) is 0.504. The van der Waals surface area contributed by atoms with E-state index in [1.165, 1.54) is 11.3 Å². The van der Waals surface area contributed by atoms with Crippen molar-refractivity contribution in [3.8, 4) is 0 Å². The van der Waals surface area contributed by atoms with Gasteiger partial charge in [-0.25, -0.2) is 4.98 Å². The number of allylic oxidation sites excluding steroid dienone is 1. The molecule has 0 fully saturated rings. The van der Waals surface area contributed by atoms with E-state index in [9.17, 15) is 0 Å². The first-order valence-corrected chi connectivity index (χ1v) is 3.06. The number of hydrogen-bond donors (Lipinski definition) is 0. The minimum atomic E-state index is 1.06. The summed E-state index contributed by atoms with van der Waals surface area (Å²) >= 11 is 0. The van der Waals surface area contributed by atoms with Gasteiger partial charge in [-0.2, -0.15) is 0 Å². The Hall–Kier alpha value is -1.05. The summed E-state index contributed by atoms with van der Waals surface area (Å²) in [6, 6.07) is 0. The first-order valence-electron chi connectivity index (χ1n) is 3.06. The summed E-state index contributed by atoms with van der Waals surface area (Å²) in [4.78, 5) is 4.00. The molecule has 46 valence electrons. The van der Waals surface area contributed by atoms with Crippen LogP contribution in [0.1, 0.15) is 12.1 Å². The maximum Gasteiger partial charge on any atom is 0.0950 e. The molecule has 0 unspecified atom stereocenters. The van der Waals surface area contributed by atoms with E-state index in [2.05, 4.69) is 16.1 Å². The third-order valence-corrected chi connectivity index (χ3v) is 1.73. The summed E-state index contributed by atoms with van der Waals surface area (Å²) in [5, 5.41) is 0. The van der Waals surface area contributed by atoms with Crippen LogP contribution >= 0.6 is 0 Å². The normalized spacial score (nSPS) is 16.2. The lowest BCUT2D eigenvalue weighted by molar-refractivity contribution is 0.761. The van der Waals surface area contributed by atoms with Crippen LogP contribution in [0.4, 0.5) is 0 Å². The van der Waals surface area contributed by atoms with Crippen molar-refractivity contribution in [3.63, 3.8) is 0 Å². The van der Waals surface area contributed by atoms with Crippen LogP contribution in [-0.2, 0) is 6.54 Å². The highest BCUT2D eigenvalue weighted by Gasteiger charge is 2.12. The number of hydrogen-bond acceptors (Lipinski definition) is 1. The standard InChI is InChI=1S/C7H8N2/c1-6-2-3-9-5-8-4-7(6)9/h4-5H,1-3H2. The van der Waals surface area contributed by atoms with Crippen molar-refractivity contribution < 1.29 is 0 Å². The zero-order valence-corrected chi connectivity index (χ0v) is 5.17. The molecule has 2 heterocycles. The van der Waals surface area contributed by atoms with E-state index in [1.54, 1.807) is 0 Å². The van der Waals surface area contributed by atoms with Crippen molar-refractivity contribution in [3.05, 3.63) is 24.8 Å². The van der Waals surface area contributed by atoms with Gasteiger partial charge < -0.3 is 4.57 Å². The van der Waals surface area contributed by atoms with E-state index in [-0.39, 0.29) is 0 Å². The second-order valence-corrected chi connectivity index (χ2v) is 2.33. The number of rotatable bonds is 0. The molecule has 0 aliphatic carbocycles. The van der Waals surface area contributed by atoms with Gasteiger partial charge in [0.2, 0.25) is 0 Å². The molecular weight excluding hydrogens is 112 g/mol. The molecule has 0 atom stereocenters. The molecule has 1 aliphatic rings. The molecule has 0 saturated heterocycles. The van der Waals surface area contributed by atoms with Crippen LogP contribution in [0.5, 0.6) is 0 Å². The molecule has 0 bridgehead atoms. The molecule has 1 aromatic heterocycles. The second-order valence-electron chi connectivity index (χ2n) is 2.33. The van der Waals surface area contributed by atoms with E-state index in [0.29, 0.717) is 0 Å². The molecule has 0 aromatic carbocycles. The predicted octanol–water partition coefficient (Wildman–Crippen LogP) is 1.30. The predicted molar refractivity (Wildman–Crippen MR) is 35.9 cm³/mol. The Kier molecular flexibility index (Phi) is 0.781. The Morgan fingerprint density at radius 3 is 3.33 bits per heavy atom. The van der Waals surface area contributed by atoms with Crippen molar-refractivity contribution in [1.29, 1.82) is 0 Å². The number of nitrogens with zero attached hydrogens (tertiary/aromatic N) is 2. The van der Waals surface area contributed by atoms with Crippen molar-refractivity contribution in [2.24, 2.45) is 0 Å². The van der Waals surface area contributed by atoms with Gasteiger partial charge >= 0.3 is 0 Å². The first-order chi connectivity index (χ1) is 4.38. The Morgan fingerprint density at radius 2 is 2.56 bits per heavy atom. The zero-order chi connectivity index (χ0) is 6.27. The fourth-order valence-corrected chi connectivity index (χ4v) is 1.18. The van der Waals surface area contributed by atoms with Gasteiger partial charge in [0.1, 0.15) is 0 Å². The van der Waals surface area contributed by atoms with Crippen LogP contribution in [0.3, 0.4) is 0 Å². The highest BCUT2D eigenvalue weighted by atomic mass is 15.1. The van der Waals surface area contributed by atoms with Gasteiger partial charge in [0.05, 0.1) is 18.2 Å². The van der Waals surface area contributed by atoms with Crippen LogP contribution in [0.2, 0.25) is 0 Å². The van der Waals surface area contributed by atoms with Crippen molar-refractivity contribution in [2.45, 2.75) is 13.0 Å². The molecule has 9 heavy (non-hydrogen) atoms. The van der Waals surface area contributed by atoms with Gasteiger partial charge in [-0.15, -0.1) is 0 Å². The lowest BCUT2D eigenvalue weighted by atomic mass is 10.2. The SMILES string of the molecule is C=C1CCn2cncc21. The number of aromatic nitrogens is 2. The topological polar surface area (TPSA) is 17.8 Å². The monoisotopic (exact) mass is 120 g/mol. The third kappa shape index (κ3) is 0.529. The van der Waals surface area contributed by atoms with Gasteiger partial charge in [-0.3, -0.25) is 0 Å². The largest absolute Gasteiger partial charge is 0.331 e. The average Bonchev–Trinajstić information content (AvgIpc) is 2.35. The number of imidazole rings is 1. The summed E-state index contributed by atoms with van der Waals surface area (Å²) in [5.41, 5.74) is 2.42. The number of fused-ring (bicyclic) bond motifs is 1. The molecule has 2 heteroatoms. The van der Waals surface area contributed by atoms with Crippen LogP contribution in [0.15, 0.2) is 19.1 Å². The van der Waals surface area contributed by atoms with Crippen LogP contribution in [0.25, 0.3) is 5.57 Å². The molecule has 0 amide bonds.